The zero-order valence-corrected chi connectivity index (χ0v) is 15.6. The van der Waals surface area contributed by atoms with Crippen molar-refractivity contribution in [1.82, 2.24) is 9.55 Å². The van der Waals surface area contributed by atoms with E-state index in [9.17, 15) is 0 Å². The van der Waals surface area contributed by atoms with Gasteiger partial charge in [-0.05, 0) is 38.3 Å². The van der Waals surface area contributed by atoms with Gasteiger partial charge in [0.2, 0.25) is 0 Å². The summed E-state index contributed by atoms with van der Waals surface area (Å²) in [5.74, 6) is 0. The molecular formula is C22H30N2. The van der Waals surface area contributed by atoms with Crippen LogP contribution in [0.2, 0.25) is 0 Å². The number of imidazole rings is 1. The predicted octanol–water partition coefficient (Wildman–Crippen LogP) is 6.36. The molecule has 0 unspecified atom stereocenters. The number of hydrogen-bond donors (Lipinski definition) is 0. The van der Waals surface area contributed by atoms with E-state index in [2.05, 4.69) is 55.3 Å². The van der Waals surface area contributed by atoms with E-state index in [0.29, 0.717) is 0 Å². The molecule has 1 heterocycles. The van der Waals surface area contributed by atoms with E-state index >= 15 is 0 Å². The van der Waals surface area contributed by atoms with Crippen LogP contribution in [0.1, 0.15) is 51.9 Å². The summed E-state index contributed by atoms with van der Waals surface area (Å²) < 4.78 is 2.20. The third kappa shape index (κ3) is 5.69. The van der Waals surface area contributed by atoms with Gasteiger partial charge in [0.1, 0.15) is 0 Å². The molecule has 0 spiro atoms. The van der Waals surface area contributed by atoms with E-state index < -0.39 is 0 Å². The molecule has 0 aliphatic rings. The fourth-order valence-electron chi connectivity index (χ4n) is 2.23. The second-order valence-electron chi connectivity index (χ2n) is 6.16. The van der Waals surface area contributed by atoms with Gasteiger partial charge in [-0.15, -0.1) is 0 Å². The topological polar surface area (TPSA) is 17.8 Å². The highest BCUT2D eigenvalue weighted by Crippen LogP contribution is 2.25. The molecular weight excluding hydrogens is 292 g/mol. The highest BCUT2D eigenvalue weighted by Gasteiger charge is 2.13. The van der Waals surface area contributed by atoms with Crippen molar-refractivity contribution >= 4 is 11.1 Å². The van der Waals surface area contributed by atoms with Crippen LogP contribution < -0.4 is 0 Å². The second-order valence-corrected chi connectivity index (χ2v) is 6.16. The average molecular weight is 322 g/mol. The lowest BCUT2D eigenvalue weighted by molar-refractivity contribution is 0.627. The maximum atomic E-state index is 4.64. The van der Waals surface area contributed by atoms with E-state index in [1.54, 1.807) is 0 Å². The lowest BCUT2D eigenvalue weighted by Gasteiger charge is -2.10. The van der Waals surface area contributed by atoms with Gasteiger partial charge in [0.05, 0.1) is 17.7 Å². The summed E-state index contributed by atoms with van der Waals surface area (Å²) in [5, 5.41) is 0. The summed E-state index contributed by atoms with van der Waals surface area (Å²) in [6.07, 6.45) is 14.2. The molecule has 0 aliphatic carbocycles. The summed E-state index contributed by atoms with van der Waals surface area (Å²) in [4.78, 5) is 4.64. The van der Waals surface area contributed by atoms with Crippen molar-refractivity contribution < 1.29 is 0 Å². The molecule has 0 atom stereocenters. The molecule has 1 aromatic heterocycles. The monoisotopic (exact) mass is 322 g/mol. The van der Waals surface area contributed by atoms with Crippen LogP contribution >= 0.6 is 0 Å². The van der Waals surface area contributed by atoms with Crippen LogP contribution in [0.25, 0.3) is 11.1 Å². The quantitative estimate of drug-likeness (QED) is 0.483. The van der Waals surface area contributed by atoms with Crippen molar-refractivity contribution in [1.29, 1.82) is 0 Å². The number of aryl methyl sites for hydroxylation is 1. The Kier molecular flexibility index (Phi) is 7.97. The average Bonchev–Trinajstić information content (AvgIpc) is 2.99. The largest absolute Gasteiger partial charge is 0.330 e. The van der Waals surface area contributed by atoms with Gasteiger partial charge in [0.15, 0.2) is 0 Å². The molecule has 0 radical (unpaired) electrons. The maximum absolute atomic E-state index is 4.64. The molecule has 0 aliphatic heterocycles. The Bertz CT molecular complexity index is 694. The molecule has 2 heteroatoms. The first-order valence-corrected chi connectivity index (χ1v) is 8.46. The molecule has 0 saturated heterocycles. The third-order valence-electron chi connectivity index (χ3n) is 3.76. The summed E-state index contributed by atoms with van der Waals surface area (Å²) in [5.41, 5.74) is 6.27. The van der Waals surface area contributed by atoms with Crippen LogP contribution in [-0.4, -0.2) is 9.55 Å². The molecule has 2 nitrogen and oxygen atoms in total. The molecule has 0 fully saturated rings. The van der Waals surface area contributed by atoms with Crippen molar-refractivity contribution in [3.8, 4) is 0 Å². The third-order valence-corrected chi connectivity index (χ3v) is 3.76. The van der Waals surface area contributed by atoms with Gasteiger partial charge < -0.3 is 4.57 Å². The smallest absolute Gasteiger partial charge is 0.0958 e. The van der Waals surface area contributed by atoms with Crippen molar-refractivity contribution in [3.05, 3.63) is 79.0 Å². The molecule has 1 aromatic rings. The number of rotatable bonds is 9. The Labute approximate surface area is 147 Å². The van der Waals surface area contributed by atoms with Gasteiger partial charge in [-0.3, -0.25) is 0 Å². The van der Waals surface area contributed by atoms with Gasteiger partial charge in [-0.2, -0.15) is 0 Å². The predicted molar refractivity (Wildman–Crippen MR) is 108 cm³/mol. The van der Waals surface area contributed by atoms with Gasteiger partial charge in [0, 0.05) is 6.54 Å². The minimum atomic E-state index is 0.952. The summed E-state index contributed by atoms with van der Waals surface area (Å²) >= 11 is 0. The van der Waals surface area contributed by atoms with Gasteiger partial charge in [0.25, 0.3) is 0 Å². The zero-order valence-electron chi connectivity index (χ0n) is 15.6. The highest BCUT2D eigenvalue weighted by atomic mass is 15.1. The van der Waals surface area contributed by atoms with Crippen LogP contribution in [0, 0.1) is 0 Å². The number of hydrogen-bond acceptors (Lipinski definition) is 1. The Morgan fingerprint density at radius 2 is 1.88 bits per heavy atom. The molecule has 128 valence electrons. The molecule has 0 saturated carbocycles. The molecule has 1 rings (SSSR count). The lowest BCUT2D eigenvalue weighted by atomic mass is 10.1. The number of unbranched alkanes of at least 4 members (excludes halogenated alkanes) is 1. The van der Waals surface area contributed by atoms with Crippen LogP contribution in [0.5, 0.6) is 0 Å². The van der Waals surface area contributed by atoms with E-state index in [0.717, 1.165) is 53.1 Å². The first-order valence-electron chi connectivity index (χ1n) is 8.46. The van der Waals surface area contributed by atoms with Gasteiger partial charge in [-0.25, -0.2) is 4.98 Å². The van der Waals surface area contributed by atoms with Crippen molar-refractivity contribution in [3.63, 3.8) is 0 Å². The van der Waals surface area contributed by atoms with Crippen molar-refractivity contribution in [2.45, 2.75) is 47.1 Å². The van der Waals surface area contributed by atoms with Crippen LogP contribution in [0.4, 0.5) is 0 Å². The van der Waals surface area contributed by atoms with E-state index in [-0.39, 0.29) is 0 Å². The number of nitrogens with zero attached hydrogens (tertiary/aromatic N) is 2. The van der Waals surface area contributed by atoms with Gasteiger partial charge in [-0.1, -0.05) is 74.6 Å². The summed E-state index contributed by atoms with van der Waals surface area (Å²) in [6.45, 7) is 21.2. The molecule has 0 amide bonds. The Morgan fingerprint density at radius 3 is 2.46 bits per heavy atom. The SMILES string of the molecule is C=C/C(C)=C\C=C(/C)c1ncn(CCCC)c1C(=C)/C=C\C(=C)C. The Hall–Kier alpha value is -2.35. The van der Waals surface area contributed by atoms with Crippen molar-refractivity contribution in [2.24, 2.45) is 0 Å². The van der Waals surface area contributed by atoms with E-state index in [4.69, 9.17) is 0 Å². The first kappa shape index (κ1) is 19.7. The molecule has 24 heavy (non-hydrogen) atoms. The fourth-order valence-corrected chi connectivity index (χ4v) is 2.23. The van der Waals surface area contributed by atoms with Crippen molar-refractivity contribution in [2.75, 3.05) is 0 Å². The Morgan fingerprint density at radius 1 is 1.17 bits per heavy atom. The molecule has 0 N–H and O–H groups in total. The zero-order chi connectivity index (χ0) is 18.1. The van der Waals surface area contributed by atoms with E-state index in [1.165, 1.54) is 0 Å². The Balaban J connectivity index is 3.29. The second kappa shape index (κ2) is 9.71. The first-order chi connectivity index (χ1) is 11.4. The van der Waals surface area contributed by atoms with Crippen LogP contribution in [0.3, 0.4) is 0 Å². The summed E-state index contributed by atoms with van der Waals surface area (Å²) in [6, 6.07) is 0. The molecule has 0 bridgehead atoms. The lowest BCUT2D eigenvalue weighted by Crippen LogP contribution is -2.02. The highest BCUT2D eigenvalue weighted by molar-refractivity contribution is 5.79. The normalized spacial score (nSPS) is 12.7. The minimum absolute atomic E-state index is 0.952. The standard InChI is InChI=1S/C22H30N2/c1-8-10-15-24-16-23-21(19(6)14-12-18(5)9-2)22(24)20(7)13-11-17(3)4/h9,11-14,16H,2-3,7-8,10,15H2,1,4-6H3/b13-11-,18-12-,19-14+. The number of allylic oxidation sites excluding steroid dienone is 9. The van der Waals surface area contributed by atoms with Crippen LogP contribution in [-0.2, 0) is 6.54 Å². The van der Waals surface area contributed by atoms with Crippen LogP contribution in [0.15, 0.2) is 67.6 Å². The number of aromatic nitrogens is 2. The minimum Gasteiger partial charge on any atom is -0.330 e. The van der Waals surface area contributed by atoms with E-state index in [1.807, 2.05) is 38.4 Å². The van der Waals surface area contributed by atoms with Gasteiger partial charge >= 0.3 is 0 Å². The summed E-state index contributed by atoms with van der Waals surface area (Å²) in [7, 11) is 0. The maximum Gasteiger partial charge on any atom is 0.0958 e. The fraction of sp³-hybridized carbons (Fsp3) is 0.318. The molecule has 0 aromatic carbocycles.